The summed E-state index contributed by atoms with van der Waals surface area (Å²) in [5, 5.41) is 2.43. The molecule has 3 aromatic heterocycles. The SMILES string of the molecule is c1ccc2c(c1)OC1C2C2=C3N(c4ccccc4N31)c1cccc3c1B2c1c2ccccc2n2c4c5ccccc5oc4n-3c12. The summed E-state index contributed by atoms with van der Waals surface area (Å²) >= 11 is 0. The first kappa shape index (κ1) is 21.8. The monoisotopic (exact) mass is 576 g/mol. The number of imidazole rings is 1. The Labute approximate surface area is 256 Å². The van der Waals surface area contributed by atoms with Crippen LogP contribution in [0.3, 0.4) is 0 Å². The number of rotatable bonds is 0. The van der Waals surface area contributed by atoms with Gasteiger partial charge in [-0.15, -0.1) is 0 Å². The number of aromatic nitrogens is 2. The summed E-state index contributed by atoms with van der Waals surface area (Å²) < 4.78 is 18.5. The number of hydrogen-bond donors (Lipinski definition) is 0. The third-order valence-corrected chi connectivity index (χ3v) is 11.0. The smallest absolute Gasteiger partial charge is 0.253 e. The normalized spacial score (nSPS) is 19.5. The molecule has 0 fully saturated rings. The van der Waals surface area contributed by atoms with E-state index in [0.29, 0.717) is 0 Å². The molecule has 2 atom stereocenters. The number of fused-ring (bicyclic) bond motifs is 20. The van der Waals surface area contributed by atoms with Crippen LogP contribution in [-0.4, -0.2) is 21.9 Å². The van der Waals surface area contributed by atoms with Crippen molar-refractivity contribution < 1.29 is 9.15 Å². The zero-order valence-corrected chi connectivity index (χ0v) is 23.8. The predicted molar refractivity (Wildman–Crippen MR) is 178 cm³/mol. The number of ether oxygens (including phenoxy) is 1. The summed E-state index contributed by atoms with van der Waals surface area (Å²) in [5.41, 5.74) is 15.5. The van der Waals surface area contributed by atoms with E-state index in [2.05, 4.69) is 134 Å². The molecular weight excluding hydrogens is 555 g/mol. The summed E-state index contributed by atoms with van der Waals surface area (Å²) in [5.74, 6) is 2.36. The minimum atomic E-state index is -0.130. The summed E-state index contributed by atoms with van der Waals surface area (Å²) in [6, 6.07) is 41.6. The van der Waals surface area contributed by atoms with Gasteiger partial charge in [-0.1, -0.05) is 66.7 Å². The van der Waals surface area contributed by atoms with Crippen molar-refractivity contribution in [3.8, 4) is 11.4 Å². The highest BCUT2D eigenvalue weighted by atomic mass is 16.5. The van der Waals surface area contributed by atoms with E-state index in [1.54, 1.807) is 0 Å². The van der Waals surface area contributed by atoms with E-state index in [9.17, 15) is 0 Å². The number of anilines is 3. The van der Waals surface area contributed by atoms with E-state index in [1.165, 1.54) is 67.1 Å². The molecule has 0 N–H and O–H groups in total. The second-order valence-electron chi connectivity index (χ2n) is 12.8. The Bertz CT molecular complexity index is 2750. The Morgan fingerprint density at radius 2 is 1.40 bits per heavy atom. The highest BCUT2D eigenvalue weighted by Crippen LogP contribution is 2.61. The van der Waals surface area contributed by atoms with E-state index < -0.39 is 0 Å². The van der Waals surface area contributed by atoms with Crippen LogP contribution < -0.4 is 25.5 Å². The Kier molecular flexibility index (Phi) is 3.37. The molecule has 5 aromatic carbocycles. The van der Waals surface area contributed by atoms with Crippen LogP contribution in [0, 0.1) is 0 Å². The molecule has 13 rings (SSSR count). The fraction of sp³-hybridized carbons (Fsp3) is 0.0526. The minimum absolute atomic E-state index is 0.0525. The van der Waals surface area contributed by atoms with Gasteiger partial charge in [0.1, 0.15) is 28.3 Å². The van der Waals surface area contributed by atoms with Gasteiger partial charge in [0, 0.05) is 22.3 Å². The van der Waals surface area contributed by atoms with Crippen LogP contribution in [0.25, 0.3) is 44.4 Å². The lowest BCUT2D eigenvalue weighted by atomic mass is 9.32. The van der Waals surface area contributed by atoms with Crippen molar-refractivity contribution in [2.24, 2.45) is 0 Å². The first-order chi connectivity index (χ1) is 22.4. The molecule has 0 aliphatic carbocycles. The fourth-order valence-corrected chi connectivity index (χ4v) is 9.50. The molecule has 7 heteroatoms. The van der Waals surface area contributed by atoms with Gasteiger partial charge >= 0.3 is 0 Å². The quantitative estimate of drug-likeness (QED) is 0.183. The van der Waals surface area contributed by atoms with Gasteiger partial charge in [-0.2, -0.15) is 0 Å². The molecule has 0 radical (unpaired) electrons. The van der Waals surface area contributed by atoms with Crippen molar-refractivity contribution in [2.45, 2.75) is 12.1 Å². The molecule has 8 aromatic rings. The van der Waals surface area contributed by atoms with Gasteiger partial charge in [0.2, 0.25) is 5.71 Å². The molecule has 5 aliphatic rings. The second-order valence-corrected chi connectivity index (χ2v) is 12.8. The second kappa shape index (κ2) is 6.95. The lowest BCUT2D eigenvalue weighted by Crippen LogP contribution is -2.54. The van der Waals surface area contributed by atoms with Crippen molar-refractivity contribution in [3.05, 3.63) is 132 Å². The maximum Gasteiger partial charge on any atom is 0.253 e. The van der Waals surface area contributed by atoms with Gasteiger partial charge in [0.15, 0.2) is 6.23 Å². The average molecular weight is 576 g/mol. The molecule has 0 saturated heterocycles. The third kappa shape index (κ3) is 2.16. The average Bonchev–Trinajstić information content (AvgIpc) is 3.90. The topological polar surface area (TPSA) is 38.2 Å². The van der Waals surface area contributed by atoms with E-state index in [1.807, 2.05) is 0 Å². The number of nitrogens with zero attached hydrogens (tertiary/aromatic N) is 4. The number of hydrogen-bond acceptors (Lipinski definition) is 4. The van der Waals surface area contributed by atoms with Gasteiger partial charge in [-0.05, 0) is 70.3 Å². The summed E-state index contributed by atoms with van der Waals surface area (Å²) in [6.07, 6.45) is -0.130. The van der Waals surface area contributed by atoms with E-state index >= 15 is 0 Å². The predicted octanol–water partition coefficient (Wildman–Crippen LogP) is 6.94. The number of furan rings is 1. The van der Waals surface area contributed by atoms with Crippen LogP contribution >= 0.6 is 0 Å². The van der Waals surface area contributed by atoms with Gasteiger partial charge in [-0.3, -0.25) is 18.8 Å². The fourth-order valence-electron chi connectivity index (χ4n) is 9.50. The number of para-hydroxylation sites is 5. The lowest BCUT2D eigenvalue weighted by molar-refractivity contribution is 0.231. The summed E-state index contributed by atoms with van der Waals surface area (Å²) in [4.78, 5) is 4.98. The molecule has 0 bridgehead atoms. The highest BCUT2D eigenvalue weighted by Gasteiger charge is 2.60. The van der Waals surface area contributed by atoms with Gasteiger partial charge in [0.25, 0.3) is 6.71 Å². The molecule has 45 heavy (non-hydrogen) atoms. The zero-order valence-electron chi connectivity index (χ0n) is 23.8. The molecule has 0 spiro atoms. The highest BCUT2D eigenvalue weighted by molar-refractivity contribution is 6.96. The standard InChI is InChI=1S/C38H21BN4O2/c1-4-13-23-20(10-1)31-35-41(23)34-22-12-3-8-19-29(22)45-38(34)43(35)27-17-9-16-26-32(27)39(31)33-30-21-11-2-7-18-28(21)44-37(30)42-25-15-6-5-14-24(25)40(26)36(33)42/h1-19,30,37H. The third-order valence-electron chi connectivity index (χ3n) is 11.0. The first-order valence-electron chi connectivity index (χ1n) is 15.6. The Balaban J connectivity index is 1.26. The Morgan fingerprint density at radius 1 is 0.644 bits per heavy atom. The molecule has 0 amide bonds. The molecule has 6 nitrogen and oxygen atoms in total. The van der Waals surface area contributed by atoms with Crippen LogP contribution in [0.15, 0.2) is 131 Å². The largest absolute Gasteiger partial charge is 0.469 e. The molecule has 2 unspecified atom stereocenters. The Morgan fingerprint density at radius 3 is 2.36 bits per heavy atom. The first-order valence-corrected chi connectivity index (χ1v) is 15.6. The Hall–Kier alpha value is -5.82. The number of benzene rings is 5. The van der Waals surface area contributed by atoms with Gasteiger partial charge in [-0.25, -0.2) is 0 Å². The van der Waals surface area contributed by atoms with Crippen molar-refractivity contribution in [1.29, 1.82) is 0 Å². The van der Waals surface area contributed by atoms with Crippen LogP contribution in [0.5, 0.6) is 5.75 Å². The molecule has 8 heterocycles. The minimum Gasteiger partial charge on any atom is -0.469 e. The van der Waals surface area contributed by atoms with Crippen molar-refractivity contribution in [2.75, 3.05) is 9.80 Å². The van der Waals surface area contributed by atoms with Crippen LogP contribution in [-0.2, 0) is 0 Å². The van der Waals surface area contributed by atoms with Crippen LogP contribution in [0.1, 0.15) is 11.5 Å². The molecule has 5 aliphatic heterocycles. The van der Waals surface area contributed by atoms with Crippen LogP contribution in [0.4, 0.5) is 17.1 Å². The zero-order chi connectivity index (χ0) is 28.7. The lowest BCUT2D eigenvalue weighted by Gasteiger charge is -2.37. The maximum absolute atomic E-state index is 6.88. The van der Waals surface area contributed by atoms with E-state index in [4.69, 9.17) is 9.15 Å². The van der Waals surface area contributed by atoms with Crippen molar-refractivity contribution in [1.82, 2.24) is 8.97 Å². The van der Waals surface area contributed by atoms with Crippen molar-refractivity contribution in [3.63, 3.8) is 0 Å². The maximum atomic E-state index is 6.88. The molecule has 0 saturated carbocycles. The van der Waals surface area contributed by atoms with Gasteiger partial charge in [0.05, 0.1) is 22.8 Å². The van der Waals surface area contributed by atoms with Crippen LogP contribution in [0.2, 0.25) is 0 Å². The van der Waals surface area contributed by atoms with Crippen molar-refractivity contribution >= 4 is 73.5 Å². The summed E-state index contributed by atoms with van der Waals surface area (Å²) in [6.45, 7) is 0.0525. The molecule has 208 valence electrons. The molecular formula is C38H21BN4O2. The van der Waals surface area contributed by atoms with Gasteiger partial charge < -0.3 is 9.15 Å². The summed E-state index contributed by atoms with van der Waals surface area (Å²) in [7, 11) is 0. The van der Waals surface area contributed by atoms with E-state index in [0.717, 1.165) is 27.9 Å². The van der Waals surface area contributed by atoms with E-state index in [-0.39, 0.29) is 18.9 Å².